The van der Waals surface area contributed by atoms with Gasteiger partial charge in [-0.05, 0) is 31.9 Å². The Morgan fingerprint density at radius 2 is 1.92 bits per heavy atom. The van der Waals surface area contributed by atoms with Crippen LogP contribution in [-0.4, -0.2) is 29.7 Å². The highest BCUT2D eigenvalue weighted by atomic mass is 16.6. The first-order valence-electron chi connectivity index (χ1n) is 7.47. The molecule has 24 heavy (non-hydrogen) atoms. The van der Waals surface area contributed by atoms with Crippen LogP contribution in [0.25, 0.3) is 10.4 Å². The predicted molar refractivity (Wildman–Crippen MR) is 88.0 cm³/mol. The second-order valence-electron chi connectivity index (χ2n) is 6.16. The first-order chi connectivity index (χ1) is 11.2. The lowest BCUT2D eigenvalue weighted by Gasteiger charge is -2.24. The van der Waals surface area contributed by atoms with E-state index in [0.29, 0.717) is 0 Å². The predicted octanol–water partition coefficient (Wildman–Crippen LogP) is 3.32. The molecule has 0 aliphatic carbocycles. The minimum absolute atomic E-state index is 0.0508. The van der Waals surface area contributed by atoms with Gasteiger partial charge in [0.2, 0.25) is 0 Å². The standard InChI is InChI=1S/C16H22N4O4/c1-11(19-20-17)13(18-15(22)24-16(2,3)4)14(21)23-10-12-8-6-5-7-9-12/h5-9,11,13H,10H2,1-4H3,(H,18,22)/t11-,13+/m1/s1. The minimum atomic E-state index is -1.14. The Morgan fingerprint density at radius 3 is 2.46 bits per heavy atom. The molecule has 8 nitrogen and oxygen atoms in total. The fraction of sp³-hybridized carbons (Fsp3) is 0.500. The Balaban J connectivity index is 2.75. The van der Waals surface area contributed by atoms with E-state index in [2.05, 4.69) is 15.3 Å². The van der Waals surface area contributed by atoms with Gasteiger partial charge in [-0.3, -0.25) is 0 Å². The molecule has 0 aliphatic rings. The van der Waals surface area contributed by atoms with Crippen molar-refractivity contribution in [2.45, 2.75) is 52.0 Å². The lowest BCUT2D eigenvalue weighted by molar-refractivity contribution is -0.148. The third kappa shape index (κ3) is 7.02. The van der Waals surface area contributed by atoms with Crippen molar-refractivity contribution in [2.75, 3.05) is 0 Å². The van der Waals surface area contributed by atoms with Crippen LogP contribution < -0.4 is 5.32 Å². The van der Waals surface area contributed by atoms with Crippen LogP contribution in [0.5, 0.6) is 0 Å². The third-order valence-corrected chi connectivity index (χ3v) is 2.87. The van der Waals surface area contributed by atoms with E-state index in [1.54, 1.807) is 32.9 Å². The van der Waals surface area contributed by atoms with Gasteiger partial charge in [0.1, 0.15) is 18.2 Å². The number of azide groups is 1. The van der Waals surface area contributed by atoms with Crippen molar-refractivity contribution < 1.29 is 19.1 Å². The molecule has 0 fully saturated rings. The average Bonchev–Trinajstić information content (AvgIpc) is 2.50. The van der Waals surface area contributed by atoms with Gasteiger partial charge in [-0.2, -0.15) is 0 Å². The number of nitrogens with one attached hydrogen (secondary N) is 1. The molecule has 2 atom stereocenters. The van der Waals surface area contributed by atoms with Gasteiger partial charge in [-0.1, -0.05) is 42.4 Å². The lowest BCUT2D eigenvalue weighted by atomic mass is 10.1. The summed E-state index contributed by atoms with van der Waals surface area (Å²) >= 11 is 0. The highest BCUT2D eigenvalue weighted by Crippen LogP contribution is 2.10. The van der Waals surface area contributed by atoms with E-state index >= 15 is 0 Å². The molecule has 0 spiro atoms. The summed E-state index contributed by atoms with van der Waals surface area (Å²) < 4.78 is 10.3. The first-order valence-corrected chi connectivity index (χ1v) is 7.47. The van der Waals surface area contributed by atoms with Gasteiger partial charge in [-0.25, -0.2) is 9.59 Å². The molecule has 0 saturated carbocycles. The van der Waals surface area contributed by atoms with Crippen LogP contribution in [-0.2, 0) is 20.9 Å². The first kappa shape index (κ1) is 19.3. The SMILES string of the molecule is C[C@@H](N=[N+]=[N-])[C@H](NC(=O)OC(C)(C)C)C(=O)OCc1ccccc1. The largest absolute Gasteiger partial charge is 0.459 e. The van der Waals surface area contributed by atoms with Crippen molar-refractivity contribution in [3.63, 3.8) is 0 Å². The van der Waals surface area contributed by atoms with Crippen LogP contribution in [0, 0.1) is 0 Å². The van der Waals surface area contributed by atoms with Gasteiger partial charge < -0.3 is 14.8 Å². The van der Waals surface area contributed by atoms with E-state index in [1.165, 1.54) is 6.92 Å². The van der Waals surface area contributed by atoms with Gasteiger partial charge in [0.25, 0.3) is 0 Å². The van der Waals surface area contributed by atoms with Crippen molar-refractivity contribution in [3.05, 3.63) is 46.3 Å². The molecule has 0 bridgehead atoms. The van der Waals surface area contributed by atoms with E-state index in [4.69, 9.17) is 15.0 Å². The summed E-state index contributed by atoms with van der Waals surface area (Å²) in [6.45, 7) is 6.66. The topological polar surface area (TPSA) is 113 Å². The van der Waals surface area contributed by atoms with Crippen LogP contribution in [0.15, 0.2) is 35.4 Å². The maximum Gasteiger partial charge on any atom is 0.408 e. The molecule has 0 aliphatic heterocycles. The van der Waals surface area contributed by atoms with Crippen LogP contribution in [0.3, 0.4) is 0 Å². The molecule has 1 rings (SSSR count). The zero-order valence-corrected chi connectivity index (χ0v) is 14.2. The number of carbonyl (C=O) groups is 2. The summed E-state index contributed by atoms with van der Waals surface area (Å²) in [6, 6.07) is 7.14. The zero-order valence-electron chi connectivity index (χ0n) is 14.2. The van der Waals surface area contributed by atoms with Crippen LogP contribution in [0.1, 0.15) is 33.3 Å². The second kappa shape index (κ2) is 8.79. The molecule has 8 heteroatoms. The van der Waals surface area contributed by atoms with E-state index in [9.17, 15) is 9.59 Å². The fourth-order valence-electron chi connectivity index (χ4n) is 1.78. The van der Waals surface area contributed by atoms with E-state index in [0.717, 1.165) is 5.56 Å². The third-order valence-electron chi connectivity index (χ3n) is 2.87. The molecule has 1 aromatic rings. The Labute approximate surface area is 140 Å². The number of hydrogen-bond donors (Lipinski definition) is 1. The van der Waals surface area contributed by atoms with Gasteiger partial charge >= 0.3 is 12.1 Å². The number of ether oxygens (including phenoxy) is 2. The fourth-order valence-corrected chi connectivity index (χ4v) is 1.78. The Morgan fingerprint density at radius 1 is 1.29 bits per heavy atom. The van der Waals surface area contributed by atoms with Crippen molar-refractivity contribution in [3.8, 4) is 0 Å². The van der Waals surface area contributed by atoms with E-state index in [1.807, 2.05) is 18.2 Å². The Hall–Kier alpha value is -2.73. The summed E-state index contributed by atoms with van der Waals surface area (Å²) in [7, 11) is 0. The number of esters is 1. The number of rotatable bonds is 6. The van der Waals surface area contributed by atoms with Gasteiger partial charge in [0.15, 0.2) is 0 Å². The number of amides is 1. The zero-order chi connectivity index (χ0) is 18.2. The molecular weight excluding hydrogens is 312 g/mol. The Kier molecular flexibility index (Phi) is 7.07. The van der Waals surface area contributed by atoms with E-state index in [-0.39, 0.29) is 6.61 Å². The van der Waals surface area contributed by atoms with Crippen LogP contribution in [0.2, 0.25) is 0 Å². The molecule has 0 heterocycles. The molecule has 0 radical (unpaired) electrons. The quantitative estimate of drug-likeness (QED) is 0.372. The summed E-state index contributed by atoms with van der Waals surface area (Å²) in [5.41, 5.74) is 8.64. The smallest absolute Gasteiger partial charge is 0.408 e. The van der Waals surface area contributed by atoms with Crippen molar-refractivity contribution >= 4 is 12.1 Å². The minimum Gasteiger partial charge on any atom is -0.459 e. The summed E-state index contributed by atoms with van der Waals surface area (Å²) in [5.74, 6) is -0.704. The molecule has 130 valence electrons. The Bertz CT molecular complexity index is 606. The van der Waals surface area contributed by atoms with Crippen molar-refractivity contribution in [2.24, 2.45) is 5.11 Å². The monoisotopic (exact) mass is 334 g/mol. The van der Waals surface area contributed by atoms with Crippen molar-refractivity contribution in [1.29, 1.82) is 0 Å². The summed E-state index contributed by atoms with van der Waals surface area (Å²) in [6.07, 6.45) is -0.788. The summed E-state index contributed by atoms with van der Waals surface area (Å²) in [5, 5.41) is 5.85. The normalized spacial score (nSPS) is 13.2. The van der Waals surface area contributed by atoms with Gasteiger partial charge in [-0.15, -0.1) is 0 Å². The van der Waals surface area contributed by atoms with Crippen molar-refractivity contribution in [1.82, 2.24) is 5.32 Å². The maximum absolute atomic E-state index is 12.3. The summed E-state index contributed by atoms with van der Waals surface area (Å²) in [4.78, 5) is 26.8. The molecule has 1 amide bonds. The molecule has 0 saturated heterocycles. The van der Waals surface area contributed by atoms with Crippen LogP contribution >= 0.6 is 0 Å². The number of alkyl carbamates (subject to hydrolysis) is 1. The number of hydrogen-bond acceptors (Lipinski definition) is 5. The van der Waals surface area contributed by atoms with Gasteiger partial charge in [0.05, 0.1) is 6.04 Å². The lowest BCUT2D eigenvalue weighted by Crippen LogP contribution is -2.49. The van der Waals surface area contributed by atoms with Gasteiger partial charge in [0, 0.05) is 4.91 Å². The van der Waals surface area contributed by atoms with E-state index < -0.39 is 29.7 Å². The highest BCUT2D eigenvalue weighted by molar-refractivity contribution is 5.82. The molecule has 1 aromatic carbocycles. The molecule has 1 N–H and O–H groups in total. The average molecular weight is 334 g/mol. The number of nitrogens with zero attached hydrogens (tertiary/aromatic N) is 3. The second-order valence-corrected chi connectivity index (χ2v) is 6.16. The molecule has 0 unspecified atom stereocenters. The molecular formula is C16H22N4O4. The molecule has 0 aromatic heterocycles. The number of carbonyl (C=O) groups excluding carboxylic acids is 2. The van der Waals surface area contributed by atoms with Crippen LogP contribution in [0.4, 0.5) is 4.79 Å². The maximum atomic E-state index is 12.3. The number of benzene rings is 1. The highest BCUT2D eigenvalue weighted by Gasteiger charge is 2.30.